The maximum absolute atomic E-state index is 13.1. The molecule has 3 heterocycles. The molecule has 0 unspecified atom stereocenters. The van der Waals surface area contributed by atoms with Crippen molar-refractivity contribution < 1.29 is 4.79 Å². The molecule has 158 valence electrons. The molecule has 6 heteroatoms. The molecule has 4 aromatic rings. The van der Waals surface area contributed by atoms with E-state index in [1.54, 1.807) is 30.7 Å². The monoisotopic (exact) mass is 414 g/mol. The second kappa shape index (κ2) is 9.08. The third kappa shape index (κ3) is 4.63. The molecule has 3 aromatic heterocycles. The smallest absolute Gasteiger partial charge is 0.265 e. The number of aromatic nitrogens is 3. The van der Waals surface area contributed by atoms with E-state index in [1.165, 1.54) is 9.96 Å². The van der Waals surface area contributed by atoms with Crippen molar-refractivity contribution in [2.45, 2.75) is 39.0 Å². The quantitative estimate of drug-likeness (QED) is 0.365. The maximum Gasteiger partial charge on any atom is 0.265 e. The van der Waals surface area contributed by atoms with Crippen LogP contribution in [0.3, 0.4) is 0 Å². The summed E-state index contributed by atoms with van der Waals surface area (Å²) < 4.78 is 1.46. The summed E-state index contributed by atoms with van der Waals surface area (Å²) in [7, 11) is 0. The van der Waals surface area contributed by atoms with Gasteiger partial charge in [-0.1, -0.05) is 19.9 Å². The molecule has 4 rings (SSSR count). The summed E-state index contributed by atoms with van der Waals surface area (Å²) in [6.45, 7) is 4.77. The highest BCUT2D eigenvalue weighted by Gasteiger charge is 2.11. The summed E-state index contributed by atoms with van der Waals surface area (Å²) in [5, 5.41) is 3.51. The Hall–Kier alpha value is -3.54. The minimum atomic E-state index is -0.186. The largest absolute Gasteiger partial charge is 0.352 e. The minimum Gasteiger partial charge on any atom is -0.352 e. The van der Waals surface area contributed by atoms with Crippen LogP contribution in [0.25, 0.3) is 16.6 Å². The first kappa shape index (κ1) is 20.7. The van der Waals surface area contributed by atoms with Gasteiger partial charge in [0, 0.05) is 25.1 Å². The van der Waals surface area contributed by atoms with Crippen LogP contribution in [0.5, 0.6) is 0 Å². The molecule has 6 nitrogen and oxygen atoms in total. The number of nitrogens with one attached hydrogen (secondary N) is 1. The molecule has 1 aromatic carbocycles. The summed E-state index contributed by atoms with van der Waals surface area (Å²) >= 11 is 0. The summed E-state index contributed by atoms with van der Waals surface area (Å²) in [4.78, 5) is 34.2. The predicted octanol–water partition coefficient (Wildman–Crippen LogP) is 4.12. The van der Waals surface area contributed by atoms with Crippen LogP contribution in [0.2, 0.25) is 0 Å². The van der Waals surface area contributed by atoms with E-state index in [1.807, 2.05) is 30.3 Å². The van der Waals surface area contributed by atoms with Crippen molar-refractivity contribution in [3.63, 3.8) is 0 Å². The van der Waals surface area contributed by atoms with Gasteiger partial charge in [0.2, 0.25) is 0 Å². The first-order valence-corrected chi connectivity index (χ1v) is 10.7. The Balaban J connectivity index is 1.47. The Bertz CT molecular complexity index is 1280. The zero-order valence-electron chi connectivity index (χ0n) is 17.8. The first-order chi connectivity index (χ1) is 15.0. The van der Waals surface area contributed by atoms with Crippen LogP contribution in [0.1, 0.15) is 54.1 Å². The number of fused-ring (bicyclic) bond motifs is 2. The Morgan fingerprint density at radius 3 is 2.65 bits per heavy atom. The van der Waals surface area contributed by atoms with Crippen LogP contribution in [-0.4, -0.2) is 26.8 Å². The van der Waals surface area contributed by atoms with Gasteiger partial charge in [-0.3, -0.25) is 19.0 Å². The van der Waals surface area contributed by atoms with Gasteiger partial charge in [0.1, 0.15) is 5.65 Å². The minimum absolute atomic E-state index is 0.158. The van der Waals surface area contributed by atoms with Gasteiger partial charge in [-0.25, -0.2) is 4.98 Å². The van der Waals surface area contributed by atoms with Crippen molar-refractivity contribution in [1.29, 1.82) is 0 Å². The number of carbonyl (C=O) groups excluding carboxylic acids is 1. The molecule has 0 aliphatic heterocycles. The topological polar surface area (TPSA) is 76.4 Å². The molecule has 0 aliphatic carbocycles. The number of nitrogens with zero attached hydrogens (tertiary/aromatic N) is 3. The Labute approximate surface area is 181 Å². The van der Waals surface area contributed by atoms with Gasteiger partial charge in [0.25, 0.3) is 11.5 Å². The summed E-state index contributed by atoms with van der Waals surface area (Å²) in [5.74, 6) is 0.133. The van der Waals surface area contributed by atoms with Crippen LogP contribution < -0.4 is 10.9 Å². The van der Waals surface area contributed by atoms with Gasteiger partial charge in [0.05, 0.1) is 16.5 Å². The van der Waals surface area contributed by atoms with Crippen LogP contribution in [0.4, 0.5) is 0 Å². The lowest BCUT2D eigenvalue weighted by Gasteiger charge is -2.09. The Morgan fingerprint density at radius 2 is 1.87 bits per heavy atom. The van der Waals surface area contributed by atoms with E-state index in [0.717, 1.165) is 24.8 Å². The second-order valence-electron chi connectivity index (χ2n) is 8.06. The number of rotatable bonds is 7. The molecule has 1 amide bonds. The van der Waals surface area contributed by atoms with Gasteiger partial charge in [-0.05, 0) is 72.7 Å². The number of benzene rings is 1. The lowest BCUT2D eigenvalue weighted by Crippen LogP contribution is -2.26. The van der Waals surface area contributed by atoms with E-state index in [4.69, 9.17) is 0 Å². The van der Waals surface area contributed by atoms with Gasteiger partial charge < -0.3 is 5.32 Å². The molecule has 0 saturated carbocycles. The number of aryl methyl sites for hydroxylation is 1. The average molecular weight is 415 g/mol. The fraction of sp³-hybridized carbons (Fsp3) is 0.280. The van der Waals surface area contributed by atoms with Crippen molar-refractivity contribution in [3.05, 3.63) is 88.1 Å². The third-order valence-corrected chi connectivity index (χ3v) is 5.49. The molecule has 1 N–H and O–H groups in total. The molecule has 0 aliphatic rings. The Morgan fingerprint density at radius 1 is 1.06 bits per heavy atom. The molecule has 31 heavy (non-hydrogen) atoms. The fourth-order valence-electron chi connectivity index (χ4n) is 3.62. The maximum atomic E-state index is 13.1. The number of pyridine rings is 2. The highest BCUT2D eigenvalue weighted by atomic mass is 16.1. The predicted molar refractivity (Wildman–Crippen MR) is 123 cm³/mol. The van der Waals surface area contributed by atoms with Crippen LogP contribution in [-0.2, 0) is 6.42 Å². The van der Waals surface area contributed by atoms with Crippen molar-refractivity contribution in [2.24, 2.45) is 0 Å². The van der Waals surface area contributed by atoms with E-state index in [0.29, 0.717) is 34.6 Å². The van der Waals surface area contributed by atoms with Crippen LogP contribution >= 0.6 is 0 Å². The summed E-state index contributed by atoms with van der Waals surface area (Å²) in [6.07, 6.45) is 7.99. The zero-order valence-corrected chi connectivity index (χ0v) is 17.8. The number of amides is 1. The molecular weight excluding hydrogens is 388 g/mol. The third-order valence-electron chi connectivity index (χ3n) is 5.49. The lowest BCUT2D eigenvalue weighted by atomic mass is 10.0. The zero-order chi connectivity index (χ0) is 21.8. The molecule has 0 radical (unpaired) electrons. The van der Waals surface area contributed by atoms with Gasteiger partial charge >= 0.3 is 0 Å². The summed E-state index contributed by atoms with van der Waals surface area (Å²) in [5.41, 5.74) is 3.83. The molecule has 0 atom stereocenters. The SMILES string of the molecule is CC(C)c1ccc2nc3ccc(C(=O)NCCCCc4ccncc4)cn3c(=O)c2c1. The normalized spacial score (nSPS) is 11.3. The van der Waals surface area contributed by atoms with Crippen molar-refractivity contribution in [2.75, 3.05) is 6.54 Å². The molecule has 0 saturated heterocycles. The summed E-state index contributed by atoms with van der Waals surface area (Å²) in [6, 6.07) is 13.2. The van der Waals surface area contributed by atoms with Crippen LogP contribution in [0.15, 0.2) is 65.8 Å². The first-order valence-electron chi connectivity index (χ1n) is 10.7. The number of carbonyl (C=O) groups is 1. The number of hydrogen-bond acceptors (Lipinski definition) is 4. The van der Waals surface area contributed by atoms with E-state index in [-0.39, 0.29) is 11.5 Å². The van der Waals surface area contributed by atoms with E-state index in [9.17, 15) is 9.59 Å². The van der Waals surface area contributed by atoms with Gasteiger partial charge in [-0.15, -0.1) is 0 Å². The second-order valence-corrected chi connectivity index (χ2v) is 8.06. The van der Waals surface area contributed by atoms with E-state index in [2.05, 4.69) is 29.1 Å². The molecule has 0 fully saturated rings. The molecule has 0 bridgehead atoms. The fourth-order valence-corrected chi connectivity index (χ4v) is 3.62. The highest BCUT2D eigenvalue weighted by Crippen LogP contribution is 2.19. The van der Waals surface area contributed by atoms with Gasteiger partial charge in [0.15, 0.2) is 0 Å². The Kier molecular flexibility index (Phi) is 6.07. The van der Waals surface area contributed by atoms with E-state index >= 15 is 0 Å². The van der Waals surface area contributed by atoms with Crippen LogP contribution in [0, 0.1) is 0 Å². The molecular formula is C25H26N4O2. The molecule has 0 spiro atoms. The van der Waals surface area contributed by atoms with Crippen molar-refractivity contribution >= 4 is 22.5 Å². The number of unbranched alkanes of at least 4 members (excludes halogenated alkanes) is 1. The van der Waals surface area contributed by atoms with Crippen molar-refractivity contribution in [1.82, 2.24) is 19.7 Å². The average Bonchev–Trinajstić information content (AvgIpc) is 2.79. The van der Waals surface area contributed by atoms with Crippen molar-refractivity contribution in [3.8, 4) is 0 Å². The lowest BCUT2D eigenvalue weighted by molar-refractivity contribution is 0.0952. The van der Waals surface area contributed by atoms with Gasteiger partial charge in [-0.2, -0.15) is 0 Å². The standard InChI is InChI=1S/C25H26N4O2/c1-17(2)19-6-8-22-21(15-19)25(31)29-16-20(7-9-23(29)28-22)24(30)27-12-4-3-5-18-10-13-26-14-11-18/h6-11,13-17H,3-5,12H2,1-2H3,(H,27,30). The highest BCUT2D eigenvalue weighted by molar-refractivity contribution is 5.94. The van der Waals surface area contributed by atoms with E-state index < -0.39 is 0 Å². The number of hydrogen-bond donors (Lipinski definition) is 1.